The average Bonchev–Trinajstić information content (AvgIpc) is 2.92. The third-order valence-electron chi connectivity index (χ3n) is 4.54. The normalized spacial score (nSPS) is 31.8. The summed E-state index contributed by atoms with van der Waals surface area (Å²) in [5, 5.41) is 3.55. The molecular formula is C15H21IN2. The van der Waals surface area contributed by atoms with Crippen molar-refractivity contribution in [2.75, 3.05) is 19.6 Å². The molecule has 2 heterocycles. The Labute approximate surface area is 123 Å². The van der Waals surface area contributed by atoms with Crippen LogP contribution in [0.3, 0.4) is 0 Å². The molecule has 18 heavy (non-hydrogen) atoms. The Morgan fingerprint density at radius 3 is 2.78 bits per heavy atom. The molecule has 0 saturated carbocycles. The second kappa shape index (κ2) is 5.47. The second-order valence-electron chi connectivity index (χ2n) is 5.61. The van der Waals surface area contributed by atoms with Crippen LogP contribution in [0.5, 0.6) is 0 Å². The lowest BCUT2D eigenvalue weighted by molar-refractivity contribution is 0.210. The van der Waals surface area contributed by atoms with Crippen LogP contribution in [0.4, 0.5) is 0 Å². The molecule has 1 aromatic rings. The van der Waals surface area contributed by atoms with Crippen LogP contribution in [0.1, 0.15) is 18.9 Å². The number of hydrogen-bond donors (Lipinski definition) is 1. The number of rotatable bonds is 3. The van der Waals surface area contributed by atoms with Gasteiger partial charge in [0.2, 0.25) is 0 Å². The van der Waals surface area contributed by atoms with Gasteiger partial charge in [0, 0.05) is 22.7 Å². The van der Waals surface area contributed by atoms with Crippen molar-refractivity contribution in [1.29, 1.82) is 0 Å². The van der Waals surface area contributed by atoms with Crippen LogP contribution < -0.4 is 5.32 Å². The topological polar surface area (TPSA) is 15.3 Å². The van der Waals surface area contributed by atoms with E-state index in [2.05, 4.69) is 64.0 Å². The highest BCUT2D eigenvalue weighted by molar-refractivity contribution is 14.1. The van der Waals surface area contributed by atoms with Gasteiger partial charge in [0.25, 0.3) is 0 Å². The molecule has 2 saturated heterocycles. The van der Waals surface area contributed by atoms with Crippen LogP contribution in [0.25, 0.3) is 0 Å². The van der Waals surface area contributed by atoms with Gasteiger partial charge in [-0.2, -0.15) is 0 Å². The number of nitrogens with zero attached hydrogens (tertiary/aromatic N) is 1. The summed E-state index contributed by atoms with van der Waals surface area (Å²) in [6.07, 6.45) is 1.28. The number of fused-ring (bicyclic) bond motifs is 1. The van der Waals surface area contributed by atoms with Crippen molar-refractivity contribution in [1.82, 2.24) is 10.2 Å². The molecule has 0 spiro atoms. The quantitative estimate of drug-likeness (QED) is 0.838. The van der Waals surface area contributed by atoms with Gasteiger partial charge in [0.1, 0.15) is 0 Å². The minimum absolute atomic E-state index is 0.782. The van der Waals surface area contributed by atoms with Crippen LogP contribution in [0.15, 0.2) is 24.3 Å². The van der Waals surface area contributed by atoms with E-state index in [9.17, 15) is 0 Å². The maximum Gasteiger partial charge on any atom is 0.0236 e. The Morgan fingerprint density at radius 1 is 1.28 bits per heavy atom. The predicted molar refractivity (Wildman–Crippen MR) is 83.5 cm³/mol. The van der Waals surface area contributed by atoms with E-state index < -0.39 is 0 Å². The van der Waals surface area contributed by atoms with Crippen LogP contribution in [0, 0.1) is 15.4 Å². The first-order valence-corrected chi connectivity index (χ1v) is 8.05. The minimum Gasteiger partial charge on any atom is -0.316 e. The van der Waals surface area contributed by atoms with Crippen molar-refractivity contribution in [3.8, 4) is 0 Å². The van der Waals surface area contributed by atoms with Crippen molar-refractivity contribution in [2.24, 2.45) is 11.8 Å². The summed E-state index contributed by atoms with van der Waals surface area (Å²) in [6, 6.07) is 9.77. The fourth-order valence-electron chi connectivity index (χ4n) is 3.68. The van der Waals surface area contributed by atoms with Crippen LogP contribution >= 0.6 is 22.6 Å². The molecule has 1 aromatic carbocycles. The molecule has 0 amide bonds. The second-order valence-corrected chi connectivity index (χ2v) is 6.86. The molecule has 3 atom stereocenters. The van der Waals surface area contributed by atoms with E-state index in [0.717, 1.165) is 24.4 Å². The monoisotopic (exact) mass is 356 g/mol. The maximum absolute atomic E-state index is 3.55. The third-order valence-corrected chi connectivity index (χ3v) is 5.26. The molecule has 2 nitrogen and oxygen atoms in total. The van der Waals surface area contributed by atoms with Crippen molar-refractivity contribution < 1.29 is 0 Å². The Morgan fingerprint density at radius 2 is 2.06 bits per heavy atom. The molecular weight excluding hydrogens is 335 g/mol. The van der Waals surface area contributed by atoms with Crippen LogP contribution in [-0.2, 0) is 6.54 Å². The first-order chi connectivity index (χ1) is 8.78. The number of nitrogens with one attached hydrogen (secondary N) is 1. The highest BCUT2D eigenvalue weighted by Crippen LogP contribution is 2.35. The fraction of sp³-hybridized carbons (Fsp3) is 0.600. The summed E-state index contributed by atoms with van der Waals surface area (Å²) in [7, 11) is 0. The summed E-state index contributed by atoms with van der Waals surface area (Å²) in [4.78, 5) is 2.71. The first-order valence-electron chi connectivity index (χ1n) is 6.97. The van der Waals surface area contributed by atoms with Gasteiger partial charge in [-0.1, -0.05) is 19.1 Å². The highest BCUT2D eigenvalue weighted by atomic mass is 127. The van der Waals surface area contributed by atoms with Crippen molar-refractivity contribution in [3.05, 3.63) is 33.4 Å². The molecule has 3 unspecified atom stereocenters. The Balaban J connectivity index is 1.71. The zero-order valence-corrected chi connectivity index (χ0v) is 13.1. The zero-order chi connectivity index (χ0) is 12.5. The van der Waals surface area contributed by atoms with Gasteiger partial charge in [-0.25, -0.2) is 0 Å². The Hall–Kier alpha value is -0.130. The number of benzene rings is 1. The molecule has 0 bridgehead atoms. The summed E-state index contributed by atoms with van der Waals surface area (Å²) >= 11 is 2.37. The lowest BCUT2D eigenvalue weighted by atomic mass is 9.93. The van der Waals surface area contributed by atoms with Gasteiger partial charge >= 0.3 is 0 Å². The van der Waals surface area contributed by atoms with Crippen LogP contribution in [-0.4, -0.2) is 30.6 Å². The predicted octanol–water partition coefficient (Wildman–Crippen LogP) is 2.72. The van der Waals surface area contributed by atoms with Crippen LogP contribution in [0.2, 0.25) is 0 Å². The molecule has 0 aliphatic carbocycles. The molecule has 2 aliphatic rings. The van der Waals surface area contributed by atoms with Gasteiger partial charge in [0.15, 0.2) is 0 Å². The largest absolute Gasteiger partial charge is 0.316 e. The first kappa shape index (κ1) is 12.9. The number of halogens is 1. The van der Waals surface area contributed by atoms with Gasteiger partial charge in [0.05, 0.1) is 0 Å². The van der Waals surface area contributed by atoms with E-state index >= 15 is 0 Å². The minimum atomic E-state index is 0.782. The smallest absolute Gasteiger partial charge is 0.0236 e. The SMILES string of the molecule is CCC1C2CNCC2CN1Cc1ccc(I)cc1. The van der Waals surface area contributed by atoms with Gasteiger partial charge in [-0.05, 0) is 71.6 Å². The van der Waals surface area contributed by atoms with E-state index in [1.807, 2.05) is 0 Å². The fourth-order valence-corrected chi connectivity index (χ4v) is 4.04. The standard InChI is InChI=1S/C15H21IN2/c1-2-15-14-8-17-7-12(14)10-18(15)9-11-3-5-13(16)6-4-11/h3-6,12,14-15,17H,2,7-10H2,1H3. The maximum atomic E-state index is 3.55. The lowest BCUT2D eigenvalue weighted by Crippen LogP contribution is -2.34. The summed E-state index contributed by atoms with van der Waals surface area (Å²) in [6.45, 7) is 7.20. The van der Waals surface area contributed by atoms with E-state index in [1.54, 1.807) is 0 Å². The molecule has 1 N–H and O–H groups in total. The molecule has 3 heteroatoms. The van der Waals surface area contributed by atoms with E-state index in [4.69, 9.17) is 0 Å². The number of likely N-dealkylation sites (tertiary alicyclic amines) is 1. The summed E-state index contributed by atoms with van der Waals surface area (Å²) in [5.74, 6) is 1.78. The van der Waals surface area contributed by atoms with Gasteiger partial charge in [-0.15, -0.1) is 0 Å². The van der Waals surface area contributed by atoms with Crippen molar-refractivity contribution in [2.45, 2.75) is 25.9 Å². The Bertz CT molecular complexity index is 403. The number of hydrogen-bond acceptors (Lipinski definition) is 2. The lowest BCUT2D eigenvalue weighted by Gasteiger charge is -2.26. The molecule has 2 aliphatic heterocycles. The molecule has 2 fully saturated rings. The highest BCUT2D eigenvalue weighted by Gasteiger charge is 2.42. The Kier molecular flexibility index (Phi) is 3.91. The molecule has 0 radical (unpaired) electrons. The van der Waals surface area contributed by atoms with Gasteiger partial charge < -0.3 is 5.32 Å². The average molecular weight is 356 g/mol. The third kappa shape index (κ3) is 2.45. The van der Waals surface area contributed by atoms with Gasteiger partial charge in [-0.3, -0.25) is 4.90 Å². The summed E-state index contributed by atoms with van der Waals surface area (Å²) < 4.78 is 1.32. The molecule has 0 aromatic heterocycles. The van der Waals surface area contributed by atoms with Crippen molar-refractivity contribution in [3.63, 3.8) is 0 Å². The summed E-state index contributed by atoms with van der Waals surface area (Å²) in [5.41, 5.74) is 1.46. The van der Waals surface area contributed by atoms with E-state index in [1.165, 1.54) is 35.2 Å². The zero-order valence-electron chi connectivity index (χ0n) is 10.9. The van der Waals surface area contributed by atoms with E-state index in [-0.39, 0.29) is 0 Å². The van der Waals surface area contributed by atoms with Crippen molar-refractivity contribution >= 4 is 22.6 Å². The van der Waals surface area contributed by atoms with E-state index in [0.29, 0.717) is 0 Å². The molecule has 3 rings (SSSR count). The molecule has 98 valence electrons.